The van der Waals surface area contributed by atoms with E-state index in [1.165, 1.54) is 23.2 Å². The zero-order chi connectivity index (χ0) is 12.5. The molecular weight excluding hydrogens is 253 g/mol. The molecule has 1 atom stereocenters. The zero-order valence-corrected chi connectivity index (χ0v) is 9.80. The maximum atomic E-state index is 13.1. The smallest absolute Gasteiger partial charge is 0.289 e. The average Bonchev–Trinajstić information content (AvgIpc) is 2.72. The second-order valence-electron chi connectivity index (χ2n) is 4.10. The van der Waals surface area contributed by atoms with Gasteiger partial charge in [-0.05, 0) is 37.6 Å². The molecule has 0 amide bonds. The van der Waals surface area contributed by atoms with Gasteiger partial charge in [0.05, 0.1) is 0 Å². The molecule has 1 aromatic rings. The van der Waals surface area contributed by atoms with Crippen molar-refractivity contribution in [3.63, 3.8) is 0 Å². The molecule has 6 heteroatoms. The van der Waals surface area contributed by atoms with E-state index in [4.69, 9.17) is 11.6 Å². The molecule has 1 fully saturated rings. The molecule has 0 aromatic carbocycles. The van der Waals surface area contributed by atoms with Gasteiger partial charge in [0.25, 0.3) is 0 Å². The van der Waals surface area contributed by atoms with Crippen molar-refractivity contribution in [2.24, 2.45) is 0 Å². The van der Waals surface area contributed by atoms with Gasteiger partial charge in [-0.3, -0.25) is 4.90 Å². The van der Waals surface area contributed by atoms with E-state index in [-0.39, 0.29) is 10.7 Å². The van der Waals surface area contributed by atoms with Crippen LogP contribution in [0.25, 0.3) is 0 Å². The molecule has 0 N–H and O–H groups in total. The van der Waals surface area contributed by atoms with Crippen LogP contribution in [-0.4, -0.2) is 29.1 Å². The van der Waals surface area contributed by atoms with Crippen molar-refractivity contribution in [1.82, 2.24) is 9.88 Å². The molecule has 1 aliphatic rings. The molecule has 1 saturated heterocycles. The van der Waals surface area contributed by atoms with Gasteiger partial charge in [0, 0.05) is 6.20 Å². The van der Waals surface area contributed by atoms with E-state index in [2.05, 4.69) is 4.98 Å². The van der Waals surface area contributed by atoms with Gasteiger partial charge in [0.15, 0.2) is 0 Å². The molecule has 1 aliphatic heterocycles. The van der Waals surface area contributed by atoms with Crippen molar-refractivity contribution in [3.8, 4) is 0 Å². The number of hydrogen-bond acceptors (Lipinski definition) is 2. The van der Waals surface area contributed by atoms with Crippen molar-refractivity contribution in [2.45, 2.75) is 25.1 Å². The van der Waals surface area contributed by atoms with Gasteiger partial charge < -0.3 is 0 Å². The van der Waals surface area contributed by atoms with Gasteiger partial charge in [-0.2, -0.15) is 13.2 Å². The van der Waals surface area contributed by atoms with Gasteiger partial charge in [-0.1, -0.05) is 17.7 Å². The van der Waals surface area contributed by atoms with Gasteiger partial charge in [-0.25, -0.2) is 4.98 Å². The standard InChI is InChI=1S/C11H12ClF3N2/c12-9-4-3-8(7-16-9)10(11(13,14)15)17-5-1-2-6-17/h3-4,7,10H,1-2,5-6H2. The topological polar surface area (TPSA) is 16.1 Å². The van der Waals surface area contributed by atoms with Crippen LogP contribution in [0.2, 0.25) is 5.15 Å². The van der Waals surface area contributed by atoms with E-state index < -0.39 is 12.2 Å². The minimum Gasteiger partial charge on any atom is -0.289 e. The van der Waals surface area contributed by atoms with Crippen molar-refractivity contribution >= 4 is 11.6 Å². The Hall–Kier alpha value is -0.810. The Balaban J connectivity index is 2.29. The number of aromatic nitrogens is 1. The Bertz CT molecular complexity index is 371. The molecular formula is C11H12ClF3N2. The molecule has 1 unspecified atom stereocenters. The summed E-state index contributed by atoms with van der Waals surface area (Å²) < 4.78 is 39.2. The first-order valence-electron chi connectivity index (χ1n) is 5.41. The lowest BCUT2D eigenvalue weighted by atomic mass is 10.1. The number of alkyl halides is 3. The third-order valence-corrected chi connectivity index (χ3v) is 3.11. The first-order chi connectivity index (χ1) is 7.98. The quantitative estimate of drug-likeness (QED) is 0.761. The van der Waals surface area contributed by atoms with E-state index >= 15 is 0 Å². The predicted octanol–water partition coefficient (Wildman–Crippen LogP) is 3.43. The highest BCUT2D eigenvalue weighted by molar-refractivity contribution is 6.29. The normalized spacial score (nSPS) is 19.5. The van der Waals surface area contributed by atoms with Crippen LogP contribution in [0.1, 0.15) is 24.4 Å². The van der Waals surface area contributed by atoms with E-state index in [0.717, 1.165) is 12.8 Å². The van der Waals surface area contributed by atoms with E-state index in [1.807, 2.05) is 0 Å². The van der Waals surface area contributed by atoms with Gasteiger partial charge in [0.1, 0.15) is 11.2 Å². The Morgan fingerprint density at radius 1 is 1.24 bits per heavy atom. The lowest BCUT2D eigenvalue weighted by molar-refractivity contribution is -0.183. The molecule has 0 saturated carbocycles. The Labute approximate surface area is 102 Å². The number of hydrogen-bond donors (Lipinski definition) is 0. The predicted molar refractivity (Wildman–Crippen MR) is 58.9 cm³/mol. The Kier molecular flexibility index (Phi) is 3.58. The second-order valence-corrected chi connectivity index (χ2v) is 4.49. The molecule has 2 heterocycles. The SMILES string of the molecule is FC(F)(F)C(c1ccc(Cl)nc1)N1CCCC1. The molecule has 17 heavy (non-hydrogen) atoms. The molecule has 2 nitrogen and oxygen atoms in total. The molecule has 2 rings (SSSR count). The minimum atomic E-state index is -4.28. The summed E-state index contributed by atoms with van der Waals surface area (Å²) in [6, 6.07) is 1.23. The molecule has 0 aliphatic carbocycles. The Morgan fingerprint density at radius 2 is 1.88 bits per heavy atom. The summed E-state index contributed by atoms with van der Waals surface area (Å²) in [7, 11) is 0. The van der Waals surface area contributed by atoms with Crippen molar-refractivity contribution in [1.29, 1.82) is 0 Å². The number of rotatable bonds is 2. The molecule has 0 radical (unpaired) electrons. The molecule has 0 bridgehead atoms. The van der Waals surface area contributed by atoms with E-state index in [1.54, 1.807) is 0 Å². The monoisotopic (exact) mass is 264 g/mol. The minimum absolute atomic E-state index is 0.156. The number of likely N-dealkylation sites (tertiary alicyclic amines) is 1. The summed E-state index contributed by atoms with van der Waals surface area (Å²) in [6.45, 7) is 0.958. The summed E-state index contributed by atoms with van der Waals surface area (Å²) in [5.41, 5.74) is 0.156. The van der Waals surface area contributed by atoms with Crippen LogP contribution in [0.4, 0.5) is 13.2 Å². The Morgan fingerprint density at radius 3 is 2.35 bits per heavy atom. The fourth-order valence-corrected chi connectivity index (χ4v) is 2.27. The summed E-state index contributed by atoms with van der Waals surface area (Å²) in [5.74, 6) is 0. The zero-order valence-electron chi connectivity index (χ0n) is 9.04. The molecule has 1 aromatic heterocycles. The fourth-order valence-electron chi connectivity index (χ4n) is 2.16. The van der Waals surface area contributed by atoms with E-state index in [0.29, 0.717) is 13.1 Å². The highest BCUT2D eigenvalue weighted by atomic mass is 35.5. The van der Waals surface area contributed by atoms with Gasteiger partial charge in [0.2, 0.25) is 0 Å². The highest BCUT2D eigenvalue weighted by Gasteiger charge is 2.45. The van der Waals surface area contributed by atoms with Gasteiger partial charge >= 0.3 is 6.18 Å². The van der Waals surface area contributed by atoms with Crippen molar-refractivity contribution < 1.29 is 13.2 Å². The molecule has 94 valence electrons. The number of pyridine rings is 1. The van der Waals surface area contributed by atoms with Crippen LogP contribution in [-0.2, 0) is 0 Å². The van der Waals surface area contributed by atoms with Crippen LogP contribution in [0.3, 0.4) is 0 Å². The number of halogens is 4. The van der Waals surface area contributed by atoms with Crippen LogP contribution >= 0.6 is 11.6 Å². The van der Waals surface area contributed by atoms with Crippen molar-refractivity contribution in [3.05, 3.63) is 29.0 Å². The maximum absolute atomic E-state index is 13.1. The first-order valence-corrected chi connectivity index (χ1v) is 5.78. The van der Waals surface area contributed by atoms with Gasteiger partial charge in [-0.15, -0.1) is 0 Å². The summed E-state index contributed by atoms with van der Waals surface area (Å²) in [5, 5.41) is 0.205. The van der Waals surface area contributed by atoms with Crippen molar-refractivity contribution in [2.75, 3.05) is 13.1 Å². The van der Waals surface area contributed by atoms with Crippen LogP contribution < -0.4 is 0 Å². The summed E-state index contributed by atoms with van der Waals surface area (Å²) >= 11 is 5.58. The van der Waals surface area contributed by atoms with Crippen LogP contribution in [0.15, 0.2) is 18.3 Å². The lowest BCUT2D eigenvalue weighted by Crippen LogP contribution is -2.36. The largest absolute Gasteiger partial charge is 0.408 e. The average molecular weight is 265 g/mol. The molecule has 0 spiro atoms. The van der Waals surface area contributed by atoms with Crippen LogP contribution in [0, 0.1) is 0 Å². The fraction of sp³-hybridized carbons (Fsp3) is 0.545. The third kappa shape index (κ3) is 2.90. The maximum Gasteiger partial charge on any atom is 0.408 e. The summed E-state index contributed by atoms with van der Waals surface area (Å²) in [4.78, 5) is 5.17. The van der Waals surface area contributed by atoms with Crippen LogP contribution in [0.5, 0.6) is 0 Å². The van der Waals surface area contributed by atoms with E-state index in [9.17, 15) is 13.2 Å². The highest BCUT2D eigenvalue weighted by Crippen LogP contribution is 2.39. The number of nitrogens with zero attached hydrogens (tertiary/aromatic N) is 2. The first kappa shape index (κ1) is 12.6. The third-order valence-electron chi connectivity index (χ3n) is 2.88. The lowest BCUT2D eigenvalue weighted by Gasteiger charge is -2.29. The second kappa shape index (κ2) is 4.82. The summed E-state index contributed by atoms with van der Waals surface area (Å²) in [6.07, 6.45) is -1.44.